The molecule has 0 saturated heterocycles. The SMILES string of the molecule is CCCCCCCCCCCCCCCCN(CCOCCOCCOCCOCCO)CCOCCOCCOCCOCCO. The molecule has 2 N–H and O–H groups in total. The van der Waals surface area contributed by atoms with Gasteiger partial charge in [0.25, 0.3) is 0 Å². The van der Waals surface area contributed by atoms with Gasteiger partial charge < -0.3 is 48.1 Å². The van der Waals surface area contributed by atoms with Crippen LogP contribution in [0.3, 0.4) is 0 Å². The standard InChI is InChI=1S/C36H75NO10/c1-2-3-4-5-6-7-8-9-10-11-12-13-14-15-16-37(17-21-40-25-29-44-33-35-46-31-27-42-23-19-38)18-22-41-26-30-45-34-36-47-32-28-43-24-20-39/h38-39H,2-36H2,1H3. The van der Waals surface area contributed by atoms with E-state index in [0.717, 1.165) is 19.6 Å². The zero-order chi connectivity index (χ0) is 34.0. The molecule has 0 rings (SSSR count). The third kappa shape index (κ3) is 41.6. The van der Waals surface area contributed by atoms with E-state index in [2.05, 4.69) is 11.8 Å². The van der Waals surface area contributed by atoms with Gasteiger partial charge in [-0.1, -0.05) is 90.4 Å². The van der Waals surface area contributed by atoms with E-state index >= 15 is 0 Å². The minimum absolute atomic E-state index is 0.0340. The van der Waals surface area contributed by atoms with E-state index < -0.39 is 0 Å². The number of nitrogens with zero attached hydrogens (tertiary/aromatic N) is 1. The van der Waals surface area contributed by atoms with Crippen molar-refractivity contribution in [2.24, 2.45) is 0 Å². The van der Waals surface area contributed by atoms with Crippen LogP contribution in [0.25, 0.3) is 0 Å². The fraction of sp³-hybridized carbons (Fsp3) is 1.00. The first-order chi connectivity index (χ1) is 23.3. The molecule has 0 saturated carbocycles. The zero-order valence-electron chi connectivity index (χ0n) is 30.4. The highest BCUT2D eigenvalue weighted by Gasteiger charge is 2.06. The third-order valence-corrected chi connectivity index (χ3v) is 7.63. The first kappa shape index (κ1) is 46.6. The Morgan fingerprint density at radius 3 is 0.851 bits per heavy atom. The average molecular weight is 682 g/mol. The Labute approximate surface area is 288 Å². The summed E-state index contributed by atoms with van der Waals surface area (Å²) < 4.78 is 44.0. The van der Waals surface area contributed by atoms with E-state index in [-0.39, 0.29) is 13.2 Å². The molecule has 0 heterocycles. The van der Waals surface area contributed by atoms with Gasteiger partial charge in [-0.2, -0.15) is 0 Å². The van der Waals surface area contributed by atoms with Crippen LogP contribution in [-0.2, 0) is 37.9 Å². The molecular weight excluding hydrogens is 606 g/mol. The molecule has 0 aromatic carbocycles. The molecule has 0 fully saturated rings. The van der Waals surface area contributed by atoms with Crippen LogP contribution in [0, 0.1) is 0 Å². The third-order valence-electron chi connectivity index (χ3n) is 7.63. The molecule has 0 aromatic rings. The molecule has 0 radical (unpaired) electrons. The molecule has 0 atom stereocenters. The van der Waals surface area contributed by atoms with Crippen molar-refractivity contribution >= 4 is 0 Å². The number of rotatable bonds is 43. The average Bonchev–Trinajstić information content (AvgIpc) is 3.08. The minimum Gasteiger partial charge on any atom is -0.394 e. The Morgan fingerprint density at radius 2 is 0.553 bits per heavy atom. The van der Waals surface area contributed by atoms with Gasteiger partial charge >= 0.3 is 0 Å². The predicted molar refractivity (Wildman–Crippen MR) is 187 cm³/mol. The number of unbranched alkanes of at least 4 members (excludes halogenated alkanes) is 13. The van der Waals surface area contributed by atoms with Crippen LogP contribution < -0.4 is 0 Å². The lowest BCUT2D eigenvalue weighted by atomic mass is 10.0. The van der Waals surface area contributed by atoms with Gasteiger partial charge in [0.2, 0.25) is 0 Å². The molecule has 0 aliphatic heterocycles. The summed E-state index contributed by atoms with van der Waals surface area (Å²) in [6.07, 6.45) is 19.2. The smallest absolute Gasteiger partial charge is 0.0701 e. The molecule has 47 heavy (non-hydrogen) atoms. The molecule has 0 unspecified atom stereocenters. The molecular formula is C36H75NO10. The summed E-state index contributed by atoms with van der Waals surface area (Å²) in [6.45, 7) is 13.5. The van der Waals surface area contributed by atoms with Crippen LogP contribution >= 0.6 is 0 Å². The maximum Gasteiger partial charge on any atom is 0.0701 e. The predicted octanol–water partition coefficient (Wildman–Crippen LogP) is 4.89. The Bertz CT molecular complexity index is 520. The Kier molecular flexibility index (Phi) is 43.2. The highest BCUT2D eigenvalue weighted by Crippen LogP contribution is 2.13. The van der Waals surface area contributed by atoms with Crippen molar-refractivity contribution in [3.05, 3.63) is 0 Å². The second-order valence-electron chi connectivity index (χ2n) is 11.8. The van der Waals surface area contributed by atoms with Crippen molar-refractivity contribution in [3.8, 4) is 0 Å². The van der Waals surface area contributed by atoms with Crippen molar-refractivity contribution in [2.45, 2.75) is 96.8 Å². The maximum atomic E-state index is 8.67. The summed E-state index contributed by atoms with van der Waals surface area (Å²) >= 11 is 0. The maximum absolute atomic E-state index is 8.67. The minimum atomic E-state index is 0.0340. The van der Waals surface area contributed by atoms with Crippen molar-refractivity contribution in [3.63, 3.8) is 0 Å². The number of aliphatic hydroxyl groups excluding tert-OH is 2. The zero-order valence-corrected chi connectivity index (χ0v) is 30.4. The Balaban J connectivity index is 3.92. The number of hydrogen-bond donors (Lipinski definition) is 2. The largest absolute Gasteiger partial charge is 0.394 e. The van der Waals surface area contributed by atoms with E-state index in [4.69, 9.17) is 48.1 Å². The van der Waals surface area contributed by atoms with Crippen LogP contribution in [0.15, 0.2) is 0 Å². The summed E-state index contributed by atoms with van der Waals surface area (Å²) in [5, 5.41) is 17.3. The lowest BCUT2D eigenvalue weighted by Gasteiger charge is -2.22. The molecule has 0 aliphatic carbocycles. The highest BCUT2D eigenvalue weighted by molar-refractivity contribution is 4.59. The van der Waals surface area contributed by atoms with Gasteiger partial charge in [-0.3, -0.25) is 4.90 Å². The number of ether oxygens (including phenoxy) is 8. The van der Waals surface area contributed by atoms with Crippen LogP contribution in [-0.4, -0.2) is 154 Å². The molecule has 11 nitrogen and oxygen atoms in total. The summed E-state index contributed by atoms with van der Waals surface area (Å²) in [4.78, 5) is 2.45. The van der Waals surface area contributed by atoms with Crippen LogP contribution in [0.1, 0.15) is 96.8 Å². The van der Waals surface area contributed by atoms with Crippen molar-refractivity contribution < 1.29 is 48.1 Å². The Hall–Kier alpha value is -0.440. The quantitative estimate of drug-likeness (QED) is 0.0858. The van der Waals surface area contributed by atoms with Gasteiger partial charge in [-0.05, 0) is 13.0 Å². The van der Waals surface area contributed by atoms with E-state index in [1.165, 1.54) is 89.9 Å². The topological polar surface area (TPSA) is 118 Å². The second-order valence-corrected chi connectivity index (χ2v) is 11.8. The van der Waals surface area contributed by atoms with Gasteiger partial charge in [0.15, 0.2) is 0 Å². The van der Waals surface area contributed by atoms with Gasteiger partial charge in [0, 0.05) is 13.1 Å². The van der Waals surface area contributed by atoms with Gasteiger partial charge in [-0.25, -0.2) is 0 Å². The van der Waals surface area contributed by atoms with Crippen LogP contribution in [0.5, 0.6) is 0 Å². The first-order valence-corrected chi connectivity index (χ1v) is 18.9. The summed E-state index contributed by atoms with van der Waals surface area (Å²) in [5.74, 6) is 0. The highest BCUT2D eigenvalue weighted by atomic mass is 16.6. The van der Waals surface area contributed by atoms with Crippen LogP contribution in [0.2, 0.25) is 0 Å². The molecule has 0 bridgehead atoms. The van der Waals surface area contributed by atoms with E-state index in [1.807, 2.05) is 0 Å². The lowest BCUT2D eigenvalue weighted by Crippen LogP contribution is -2.32. The monoisotopic (exact) mass is 682 g/mol. The number of aliphatic hydroxyl groups is 2. The molecule has 284 valence electrons. The lowest BCUT2D eigenvalue weighted by molar-refractivity contribution is -0.0113. The first-order valence-electron chi connectivity index (χ1n) is 18.9. The molecule has 0 aliphatic rings. The fourth-order valence-electron chi connectivity index (χ4n) is 4.91. The second kappa shape index (κ2) is 43.6. The molecule has 11 heteroatoms. The van der Waals surface area contributed by atoms with Gasteiger partial charge in [0.05, 0.1) is 119 Å². The van der Waals surface area contributed by atoms with Crippen LogP contribution in [0.4, 0.5) is 0 Å². The van der Waals surface area contributed by atoms with E-state index in [9.17, 15) is 0 Å². The summed E-state index contributed by atoms with van der Waals surface area (Å²) in [7, 11) is 0. The van der Waals surface area contributed by atoms with E-state index in [1.54, 1.807) is 0 Å². The van der Waals surface area contributed by atoms with Gasteiger partial charge in [0.1, 0.15) is 0 Å². The van der Waals surface area contributed by atoms with Crippen molar-refractivity contribution in [2.75, 3.05) is 139 Å². The normalized spacial score (nSPS) is 11.7. The molecule has 0 aromatic heterocycles. The van der Waals surface area contributed by atoms with Crippen molar-refractivity contribution in [1.82, 2.24) is 4.90 Å². The number of hydrogen-bond acceptors (Lipinski definition) is 11. The molecule has 0 spiro atoms. The summed E-state index contributed by atoms with van der Waals surface area (Å²) in [6, 6.07) is 0. The summed E-state index contributed by atoms with van der Waals surface area (Å²) in [5.41, 5.74) is 0. The molecule has 0 amide bonds. The fourth-order valence-corrected chi connectivity index (χ4v) is 4.91. The van der Waals surface area contributed by atoms with Crippen molar-refractivity contribution in [1.29, 1.82) is 0 Å². The van der Waals surface area contributed by atoms with E-state index in [0.29, 0.717) is 106 Å². The van der Waals surface area contributed by atoms with Gasteiger partial charge in [-0.15, -0.1) is 0 Å². The Morgan fingerprint density at radius 1 is 0.298 bits per heavy atom.